The van der Waals surface area contributed by atoms with Gasteiger partial charge >= 0.3 is 0 Å². The normalized spacial score (nSPS) is 19.8. The zero-order valence-corrected chi connectivity index (χ0v) is 13.9. The summed E-state index contributed by atoms with van der Waals surface area (Å²) in [6.45, 7) is -0.00684. The molecule has 0 radical (unpaired) electrons. The van der Waals surface area contributed by atoms with Crippen molar-refractivity contribution in [1.82, 2.24) is 19.5 Å². The smallest absolute Gasteiger partial charge is 0.279 e. The summed E-state index contributed by atoms with van der Waals surface area (Å²) in [5.41, 5.74) is 7.90. The lowest BCUT2D eigenvalue weighted by Gasteiger charge is -2.19. The summed E-state index contributed by atoms with van der Waals surface area (Å²) in [7, 11) is 0. The summed E-state index contributed by atoms with van der Waals surface area (Å²) >= 11 is 0. The van der Waals surface area contributed by atoms with Crippen molar-refractivity contribution in [2.45, 2.75) is 25.2 Å². The molecule has 2 aromatic heterocycles. The molecule has 3 heterocycles. The van der Waals surface area contributed by atoms with Crippen LogP contribution in [0.4, 0.5) is 11.4 Å². The Morgan fingerprint density at radius 3 is 2.88 bits per heavy atom. The largest absolute Gasteiger partial charge is 0.397 e. The molecule has 10 nitrogen and oxygen atoms in total. The Labute approximate surface area is 148 Å². The first-order valence-electron chi connectivity index (χ1n) is 8.18. The lowest BCUT2D eigenvalue weighted by Crippen LogP contribution is -2.35. The van der Waals surface area contributed by atoms with Gasteiger partial charge in [-0.05, 0) is 25.0 Å². The van der Waals surface area contributed by atoms with E-state index >= 15 is 0 Å². The Morgan fingerprint density at radius 2 is 2.12 bits per heavy atom. The number of aromatic nitrogens is 4. The van der Waals surface area contributed by atoms with Crippen molar-refractivity contribution in [2.75, 3.05) is 17.5 Å². The maximum Gasteiger partial charge on any atom is 0.279 e. The minimum Gasteiger partial charge on any atom is -0.397 e. The highest BCUT2D eigenvalue weighted by atomic mass is 16.7. The van der Waals surface area contributed by atoms with Crippen LogP contribution in [0.3, 0.4) is 0 Å². The molecular formula is C16H19N7O3. The summed E-state index contributed by atoms with van der Waals surface area (Å²) in [4.78, 5) is 18.4. The second-order valence-electron chi connectivity index (χ2n) is 5.95. The molecule has 0 amide bonds. The number of aliphatic hydroxyl groups is 1. The maximum absolute atomic E-state index is 9.24. The van der Waals surface area contributed by atoms with Crippen LogP contribution in [0.5, 0.6) is 5.88 Å². The molecule has 2 atom stereocenters. The first kappa shape index (κ1) is 16.5. The van der Waals surface area contributed by atoms with Gasteiger partial charge in [0, 0.05) is 0 Å². The van der Waals surface area contributed by atoms with Crippen molar-refractivity contribution < 1.29 is 14.7 Å². The van der Waals surface area contributed by atoms with Crippen molar-refractivity contribution in [1.29, 1.82) is 0 Å². The van der Waals surface area contributed by atoms with Crippen molar-refractivity contribution >= 4 is 22.5 Å². The lowest BCUT2D eigenvalue weighted by atomic mass is 10.2. The lowest BCUT2D eigenvalue weighted by molar-refractivity contribution is -0.0207. The number of fused-ring (bicyclic) bond motifs is 1. The number of ether oxygens (including phenoxy) is 1. The van der Waals surface area contributed by atoms with Crippen molar-refractivity contribution in [3.8, 4) is 5.88 Å². The highest BCUT2D eigenvalue weighted by molar-refractivity contribution is 5.76. The van der Waals surface area contributed by atoms with E-state index in [0.717, 1.165) is 18.0 Å². The van der Waals surface area contributed by atoms with Crippen LogP contribution in [0.25, 0.3) is 11.2 Å². The number of hydrazine groups is 1. The molecular weight excluding hydrogens is 338 g/mol. The van der Waals surface area contributed by atoms with Crippen molar-refractivity contribution in [3.05, 3.63) is 36.9 Å². The molecule has 4 rings (SSSR count). The van der Waals surface area contributed by atoms with E-state index < -0.39 is 0 Å². The molecule has 1 fully saturated rings. The number of imidazole rings is 1. The molecule has 0 aliphatic carbocycles. The van der Waals surface area contributed by atoms with E-state index in [1.54, 1.807) is 35.2 Å². The molecule has 1 aromatic carbocycles. The fourth-order valence-corrected chi connectivity index (χ4v) is 2.96. The standard InChI is InChI=1S/C16H19N7O3/c17-11-3-1-2-4-12(11)23(18)26-16-14-15(19-8-20-16)22(9-21-14)13-6-5-10(7-24)25-13/h1-4,8-10,13,24H,5-7,17-18H2/t10-,13+/m0/s1. The zero-order chi connectivity index (χ0) is 18.1. The number of para-hydroxylation sites is 2. The van der Waals surface area contributed by atoms with Gasteiger partial charge in [-0.2, -0.15) is 4.98 Å². The Kier molecular flexibility index (Phi) is 4.29. The second-order valence-corrected chi connectivity index (χ2v) is 5.95. The van der Waals surface area contributed by atoms with Crippen LogP contribution in [-0.2, 0) is 4.74 Å². The van der Waals surface area contributed by atoms with Gasteiger partial charge in [-0.3, -0.25) is 4.57 Å². The molecule has 0 bridgehead atoms. The SMILES string of the molecule is Nc1ccccc1N(N)Oc1ncnc2c1ncn2[C@H]1CC[C@@H](CO)O1. The van der Waals surface area contributed by atoms with E-state index in [1.165, 1.54) is 6.33 Å². The number of hydrogen-bond donors (Lipinski definition) is 3. The van der Waals surface area contributed by atoms with Crippen LogP contribution in [0.2, 0.25) is 0 Å². The third kappa shape index (κ3) is 2.90. The van der Waals surface area contributed by atoms with Gasteiger partial charge in [0.2, 0.25) is 0 Å². The van der Waals surface area contributed by atoms with E-state index in [9.17, 15) is 5.11 Å². The average Bonchev–Trinajstić information content (AvgIpc) is 3.29. The van der Waals surface area contributed by atoms with Gasteiger partial charge < -0.3 is 20.4 Å². The fourth-order valence-electron chi connectivity index (χ4n) is 2.96. The number of anilines is 2. The number of hydrogen-bond acceptors (Lipinski definition) is 9. The number of rotatable bonds is 5. The first-order valence-corrected chi connectivity index (χ1v) is 8.18. The molecule has 136 valence electrons. The van der Waals surface area contributed by atoms with E-state index in [-0.39, 0.29) is 24.8 Å². The van der Waals surface area contributed by atoms with Crippen molar-refractivity contribution in [2.24, 2.45) is 5.84 Å². The van der Waals surface area contributed by atoms with Gasteiger partial charge in [0.25, 0.3) is 5.88 Å². The molecule has 10 heteroatoms. The van der Waals surface area contributed by atoms with Crippen LogP contribution in [0.15, 0.2) is 36.9 Å². The average molecular weight is 357 g/mol. The zero-order valence-electron chi connectivity index (χ0n) is 13.9. The van der Waals surface area contributed by atoms with E-state index in [1.807, 2.05) is 0 Å². The minimum atomic E-state index is -0.237. The summed E-state index contributed by atoms with van der Waals surface area (Å²) < 4.78 is 7.59. The summed E-state index contributed by atoms with van der Waals surface area (Å²) in [5.74, 6) is 6.17. The van der Waals surface area contributed by atoms with Crippen LogP contribution in [-0.4, -0.2) is 37.3 Å². The quantitative estimate of drug-likeness (QED) is 0.343. The molecule has 1 aliphatic rings. The van der Waals surface area contributed by atoms with Crippen LogP contribution >= 0.6 is 0 Å². The van der Waals surface area contributed by atoms with Gasteiger partial charge in [-0.25, -0.2) is 15.8 Å². The Bertz CT molecular complexity index is 916. The summed E-state index contributed by atoms with van der Waals surface area (Å²) in [6.07, 6.45) is 4.12. The second kappa shape index (κ2) is 6.75. The Hall–Kier alpha value is -2.95. The number of aliphatic hydroxyl groups excluding tert-OH is 1. The van der Waals surface area contributed by atoms with Crippen LogP contribution < -0.4 is 21.6 Å². The molecule has 0 unspecified atom stereocenters. The molecule has 0 spiro atoms. The number of nitrogen functional groups attached to an aromatic ring is 1. The first-order chi connectivity index (χ1) is 12.7. The van der Waals surface area contributed by atoms with Gasteiger partial charge in [0.1, 0.15) is 18.2 Å². The van der Waals surface area contributed by atoms with Gasteiger partial charge in [0.15, 0.2) is 11.2 Å². The third-order valence-corrected chi connectivity index (χ3v) is 4.28. The molecule has 1 aliphatic heterocycles. The third-order valence-electron chi connectivity index (χ3n) is 4.28. The van der Waals surface area contributed by atoms with Gasteiger partial charge in [0.05, 0.1) is 24.7 Å². The van der Waals surface area contributed by atoms with Gasteiger partial charge in [-0.15, -0.1) is 5.17 Å². The van der Waals surface area contributed by atoms with Crippen molar-refractivity contribution in [3.63, 3.8) is 0 Å². The highest BCUT2D eigenvalue weighted by Gasteiger charge is 2.28. The molecule has 3 aromatic rings. The van der Waals surface area contributed by atoms with E-state index in [4.69, 9.17) is 21.2 Å². The monoisotopic (exact) mass is 357 g/mol. The van der Waals surface area contributed by atoms with Gasteiger partial charge in [-0.1, -0.05) is 12.1 Å². The summed E-state index contributed by atoms with van der Waals surface area (Å²) in [5, 5.41) is 10.3. The van der Waals surface area contributed by atoms with Crippen LogP contribution in [0, 0.1) is 0 Å². The molecule has 26 heavy (non-hydrogen) atoms. The molecule has 0 saturated carbocycles. The number of nitrogens with zero attached hydrogens (tertiary/aromatic N) is 5. The maximum atomic E-state index is 9.24. The number of benzene rings is 1. The number of nitrogens with two attached hydrogens (primary N) is 2. The fraction of sp³-hybridized carbons (Fsp3) is 0.312. The highest BCUT2D eigenvalue weighted by Crippen LogP contribution is 2.32. The minimum absolute atomic E-state index is 0.00684. The Morgan fingerprint density at radius 1 is 1.27 bits per heavy atom. The van der Waals surface area contributed by atoms with E-state index in [2.05, 4.69) is 15.0 Å². The van der Waals surface area contributed by atoms with Crippen LogP contribution in [0.1, 0.15) is 19.1 Å². The topological polar surface area (TPSA) is 138 Å². The Balaban J connectivity index is 1.62. The molecule has 1 saturated heterocycles. The van der Waals surface area contributed by atoms with E-state index in [0.29, 0.717) is 22.5 Å². The summed E-state index contributed by atoms with van der Waals surface area (Å²) in [6, 6.07) is 7.05. The molecule has 5 N–H and O–H groups in total. The predicted molar refractivity (Wildman–Crippen MR) is 93.7 cm³/mol. The predicted octanol–water partition coefficient (Wildman–Crippen LogP) is 0.752.